The summed E-state index contributed by atoms with van der Waals surface area (Å²) in [6, 6.07) is 0. The van der Waals surface area contributed by atoms with Crippen LogP contribution < -0.4 is 5.56 Å². The second-order valence-corrected chi connectivity index (χ2v) is 5.42. The van der Waals surface area contributed by atoms with Crippen LogP contribution >= 0.6 is 0 Å². The van der Waals surface area contributed by atoms with Crippen LogP contribution in [0.15, 0.2) is 11.0 Å². The van der Waals surface area contributed by atoms with Gasteiger partial charge in [0, 0.05) is 6.20 Å². The molecule has 1 fully saturated rings. The van der Waals surface area contributed by atoms with Crippen LogP contribution in [0.5, 0.6) is 0 Å². The van der Waals surface area contributed by atoms with Crippen molar-refractivity contribution in [3.8, 4) is 11.8 Å². The third kappa shape index (κ3) is 2.23. The van der Waals surface area contributed by atoms with E-state index >= 15 is 0 Å². The van der Waals surface area contributed by atoms with Gasteiger partial charge < -0.3 is 25.0 Å². The number of nitrogens with zero attached hydrogens (tertiary/aromatic N) is 2. The Balaban J connectivity index is 2.26. The number of fused-ring (bicyclic) bond motifs is 1. The van der Waals surface area contributed by atoms with Gasteiger partial charge in [0.15, 0.2) is 23.3 Å². The predicted octanol–water partition coefficient (Wildman–Crippen LogP) is -0.823. The molecule has 1 saturated heterocycles. The first kappa shape index (κ1) is 14.1. The van der Waals surface area contributed by atoms with Crippen molar-refractivity contribution in [2.24, 2.45) is 0 Å². The van der Waals surface area contributed by atoms with Crippen molar-refractivity contribution in [1.29, 1.82) is 0 Å². The molecule has 8 nitrogen and oxygen atoms in total. The number of ether oxygens (including phenoxy) is 1. The van der Waals surface area contributed by atoms with Gasteiger partial charge in [0.25, 0.3) is 5.56 Å². The van der Waals surface area contributed by atoms with E-state index in [0.717, 1.165) is 10.8 Å². The molecule has 4 atom stereocenters. The minimum Gasteiger partial charge on any atom is -0.394 e. The lowest BCUT2D eigenvalue weighted by atomic mass is 9.94. The van der Waals surface area contributed by atoms with E-state index in [1.807, 2.05) is 0 Å². The van der Waals surface area contributed by atoms with Gasteiger partial charge in [-0.2, -0.15) is 0 Å². The van der Waals surface area contributed by atoms with E-state index in [4.69, 9.17) is 7.48 Å². The third-order valence-electron chi connectivity index (χ3n) is 3.85. The van der Waals surface area contributed by atoms with Gasteiger partial charge in [0.2, 0.25) is 0 Å². The van der Waals surface area contributed by atoms with Crippen molar-refractivity contribution in [1.82, 2.24) is 14.5 Å². The van der Waals surface area contributed by atoms with Gasteiger partial charge in [0.05, 0.1) is 9.30 Å². The molecule has 0 spiro atoms. The van der Waals surface area contributed by atoms with Crippen molar-refractivity contribution in [3.63, 3.8) is 0 Å². The average molecular weight is 339 g/mol. The van der Waals surface area contributed by atoms with Gasteiger partial charge >= 0.3 is 0 Å². The molecule has 2 aromatic rings. The Bertz CT molecular complexity index is 989. The van der Waals surface area contributed by atoms with Crippen molar-refractivity contribution in [3.05, 3.63) is 28.2 Å². The van der Waals surface area contributed by atoms with Crippen molar-refractivity contribution < 1.29 is 27.2 Å². The fourth-order valence-electron chi connectivity index (χ4n) is 2.81. The number of aliphatic hydroxyl groups excluding tert-OH is 1. The lowest BCUT2D eigenvalue weighted by molar-refractivity contribution is -0.0721. The van der Waals surface area contributed by atoms with E-state index < -0.39 is 47.4 Å². The maximum Gasteiger partial charge on any atom is 0.263 e. The maximum absolute atomic E-state index is 14.3. The highest BCUT2D eigenvalue weighted by Crippen LogP contribution is 2.39. The number of H-pyrrole nitrogens is 1. The normalized spacial score (nSPS) is 31.5. The summed E-state index contributed by atoms with van der Waals surface area (Å²) in [5.41, 5.74) is -3.32. The summed E-state index contributed by atoms with van der Waals surface area (Å²) in [6.07, 6.45) is -4.62. The van der Waals surface area contributed by atoms with Gasteiger partial charge in [0.1, 0.15) is 23.4 Å². The first-order valence-corrected chi connectivity index (χ1v) is 7.00. The Morgan fingerprint density at radius 3 is 3.00 bits per heavy atom. The second kappa shape index (κ2) is 5.68. The van der Waals surface area contributed by atoms with Crippen LogP contribution in [0.25, 0.3) is 11.0 Å². The summed E-state index contributed by atoms with van der Waals surface area (Å²) in [4.78, 5) is 18.4. The van der Waals surface area contributed by atoms with E-state index in [9.17, 15) is 24.5 Å². The van der Waals surface area contributed by atoms with Gasteiger partial charge in [-0.1, -0.05) is 5.92 Å². The topological polar surface area (TPSA) is 121 Å². The molecular formula is C15H16FN3O5. The Labute approximate surface area is 138 Å². The van der Waals surface area contributed by atoms with Gasteiger partial charge in [-0.25, -0.2) is 9.37 Å². The maximum atomic E-state index is 14.3. The molecule has 2 aromatic heterocycles. The van der Waals surface area contributed by atoms with Crippen LogP contribution in [0.4, 0.5) is 4.39 Å². The molecule has 1 unspecified atom stereocenters. The monoisotopic (exact) mass is 339 g/mol. The van der Waals surface area contributed by atoms with E-state index in [1.54, 1.807) is 0 Å². The molecule has 0 bridgehead atoms. The smallest absolute Gasteiger partial charge is 0.263 e. The highest BCUT2D eigenvalue weighted by molar-refractivity contribution is 5.76. The number of hydrogen-bond acceptors (Lipinski definition) is 6. The Morgan fingerprint density at radius 2 is 2.38 bits per heavy atom. The molecule has 3 heterocycles. The zero-order chi connectivity index (χ0) is 19.4. The molecule has 0 amide bonds. The van der Waals surface area contributed by atoms with Crippen molar-refractivity contribution >= 4 is 11.0 Å². The molecule has 0 saturated carbocycles. The summed E-state index contributed by atoms with van der Waals surface area (Å²) in [5, 5.41) is 30.4. The summed E-state index contributed by atoms with van der Waals surface area (Å²) in [6.45, 7) is -0.183. The first-order valence-electron chi connectivity index (χ1n) is 8.00. The van der Waals surface area contributed by atoms with E-state index in [1.165, 1.54) is 13.8 Å². The molecule has 3 rings (SSSR count). The SMILES string of the molecule is [2H]C([2H])(O)[C@H]1O[C@@H](n2cc(F)c3c(=O)[nH]c(C)nc32)C(O)(C#CC)[C@H]1O. The van der Waals surface area contributed by atoms with Crippen LogP contribution in [-0.4, -0.2) is 54.2 Å². The fraction of sp³-hybridized carbons (Fsp3) is 0.467. The lowest BCUT2D eigenvalue weighted by Crippen LogP contribution is -2.45. The molecule has 1 aliphatic heterocycles. The number of nitrogens with one attached hydrogen (secondary N) is 1. The Morgan fingerprint density at radius 1 is 1.67 bits per heavy atom. The Kier molecular flexibility index (Phi) is 3.34. The lowest BCUT2D eigenvalue weighted by Gasteiger charge is -2.26. The molecule has 0 radical (unpaired) electrons. The van der Waals surface area contributed by atoms with Crippen LogP contribution in [0, 0.1) is 24.6 Å². The largest absolute Gasteiger partial charge is 0.394 e. The van der Waals surface area contributed by atoms with Gasteiger partial charge in [-0.05, 0) is 13.8 Å². The minimum atomic E-state index is -3.01. The molecule has 9 heteroatoms. The van der Waals surface area contributed by atoms with Crippen LogP contribution in [-0.2, 0) is 4.74 Å². The molecule has 4 N–H and O–H groups in total. The number of rotatable bonds is 2. The molecule has 128 valence electrons. The molecule has 24 heavy (non-hydrogen) atoms. The standard InChI is InChI=1S/C15H16FN3O5/c1-3-4-15(23)11(21)9(6-20)24-14(15)19-5-8(16)10-12(19)17-7(2)18-13(10)22/h5,9,11,14,20-21,23H,6H2,1-2H3,(H,17,18,22)/t9-,11+,14-,15?/m1/s1/i6D2. The molecule has 0 aliphatic carbocycles. The second-order valence-electron chi connectivity index (χ2n) is 5.42. The summed E-state index contributed by atoms with van der Waals surface area (Å²) in [5.74, 6) is 3.93. The van der Waals surface area contributed by atoms with Crippen LogP contribution in [0.2, 0.25) is 0 Å². The molecule has 1 aliphatic rings. The number of aromatic nitrogens is 3. The number of aliphatic hydroxyl groups is 3. The van der Waals surface area contributed by atoms with Crippen LogP contribution in [0.3, 0.4) is 0 Å². The number of hydrogen-bond donors (Lipinski definition) is 4. The quantitative estimate of drug-likeness (QED) is 0.531. The van der Waals surface area contributed by atoms with E-state index in [-0.39, 0.29) is 11.5 Å². The number of halogens is 1. The predicted molar refractivity (Wildman–Crippen MR) is 80.5 cm³/mol. The fourth-order valence-corrected chi connectivity index (χ4v) is 2.81. The van der Waals surface area contributed by atoms with Crippen LogP contribution in [0.1, 0.15) is 21.7 Å². The van der Waals surface area contributed by atoms with E-state index in [0.29, 0.717) is 0 Å². The highest BCUT2D eigenvalue weighted by atomic mass is 19.1. The highest BCUT2D eigenvalue weighted by Gasteiger charge is 2.56. The van der Waals surface area contributed by atoms with Gasteiger partial charge in [-0.15, -0.1) is 5.92 Å². The van der Waals surface area contributed by atoms with E-state index in [2.05, 4.69) is 21.8 Å². The zero-order valence-corrected chi connectivity index (χ0v) is 12.7. The number of aromatic amines is 1. The minimum absolute atomic E-state index is 0.166. The number of aryl methyl sites for hydroxylation is 1. The Hall–Kier alpha value is -2.25. The average Bonchev–Trinajstić information content (AvgIpc) is 2.95. The van der Waals surface area contributed by atoms with Crippen molar-refractivity contribution in [2.75, 3.05) is 6.56 Å². The first-order chi connectivity index (χ1) is 12.0. The van der Waals surface area contributed by atoms with Gasteiger partial charge in [-0.3, -0.25) is 9.36 Å². The summed E-state index contributed by atoms with van der Waals surface area (Å²) >= 11 is 0. The summed E-state index contributed by atoms with van der Waals surface area (Å²) < 4.78 is 35.3. The summed E-state index contributed by atoms with van der Waals surface area (Å²) in [7, 11) is 0. The zero-order valence-electron chi connectivity index (χ0n) is 14.7. The third-order valence-corrected chi connectivity index (χ3v) is 3.85. The molecular weight excluding hydrogens is 321 g/mol. The molecule has 0 aromatic carbocycles. The van der Waals surface area contributed by atoms with Crippen molar-refractivity contribution in [2.45, 2.75) is 37.9 Å².